The van der Waals surface area contributed by atoms with Crippen molar-refractivity contribution in [2.24, 2.45) is 22.5 Å². The molecule has 10 nitrogen and oxygen atoms in total. The lowest BCUT2D eigenvalue weighted by Gasteiger charge is -2.22. The first-order valence-corrected chi connectivity index (χ1v) is 14.1. The number of nitrogens with two attached hydrogens (primary N) is 1. The van der Waals surface area contributed by atoms with Crippen molar-refractivity contribution >= 4 is 24.1 Å². The van der Waals surface area contributed by atoms with E-state index >= 15 is 0 Å². The van der Waals surface area contributed by atoms with E-state index < -0.39 is 42.3 Å². The van der Waals surface area contributed by atoms with E-state index in [9.17, 15) is 19.2 Å². The van der Waals surface area contributed by atoms with Gasteiger partial charge in [0.15, 0.2) is 11.5 Å². The molecule has 1 aromatic carbocycles. The Bertz CT molecular complexity index is 1040. The number of benzene rings is 1. The van der Waals surface area contributed by atoms with E-state index in [1.807, 2.05) is 55.4 Å². The second kappa shape index (κ2) is 15.7. The Kier molecular flexibility index (Phi) is 13.8. The number of ether oxygens (including phenoxy) is 5. The lowest BCUT2D eigenvalue weighted by Crippen LogP contribution is -2.39. The largest absolute Gasteiger partial charge is 0.508 e. The van der Waals surface area contributed by atoms with E-state index in [0.29, 0.717) is 17.9 Å². The van der Waals surface area contributed by atoms with Crippen molar-refractivity contribution in [1.29, 1.82) is 0 Å². The zero-order valence-corrected chi connectivity index (χ0v) is 26.3. The highest BCUT2D eigenvalue weighted by Gasteiger charge is 2.26. The normalized spacial score (nSPS) is 14.0. The Morgan fingerprint density at radius 1 is 0.780 bits per heavy atom. The topological polar surface area (TPSA) is 140 Å². The second-order valence-electron chi connectivity index (χ2n) is 13.3. The maximum absolute atomic E-state index is 12.7. The minimum Gasteiger partial charge on any atom is -0.458 e. The highest BCUT2D eigenvalue weighted by atomic mass is 16.7. The van der Waals surface area contributed by atoms with Crippen molar-refractivity contribution < 1.29 is 42.9 Å². The van der Waals surface area contributed by atoms with Crippen LogP contribution in [0.25, 0.3) is 0 Å². The van der Waals surface area contributed by atoms with Gasteiger partial charge in [-0.2, -0.15) is 0 Å². The molecule has 232 valence electrons. The average molecular weight is 580 g/mol. The van der Waals surface area contributed by atoms with Crippen LogP contribution >= 0.6 is 0 Å². The van der Waals surface area contributed by atoms with Gasteiger partial charge in [0, 0.05) is 0 Å². The predicted molar refractivity (Wildman–Crippen MR) is 154 cm³/mol. The average Bonchev–Trinajstić information content (AvgIpc) is 2.77. The van der Waals surface area contributed by atoms with Crippen LogP contribution in [-0.2, 0) is 35.0 Å². The molecule has 0 amide bonds. The zero-order valence-electron chi connectivity index (χ0n) is 26.3. The third-order valence-electron chi connectivity index (χ3n) is 5.72. The highest BCUT2D eigenvalue weighted by molar-refractivity contribution is 5.78. The summed E-state index contributed by atoms with van der Waals surface area (Å²) in [6, 6.07) is 3.61. The molecule has 2 N–H and O–H groups in total. The molecule has 0 aliphatic carbocycles. The van der Waals surface area contributed by atoms with E-state index in [0.717, 1.165) is 0 Å². The number of carbonyl (C=O) groups is 4. The zero-order chi connectivity index (χ0) is 31.5. The first kappa shape index (κ1) is 35.9. The van der Waals surface area contributed by atoms with Gasteiger partial charge in [0.1, 0.15) is 18.2 Å². The van der Waals surface area contributed by atoms with Crippen LogP contribution in [0.15, 0.2) is 18.2 Å². The Labute approximate surface area is 244 Å². The number of hydrogen-bond acceptors (Lipinski definition) is 10. The Balaban J connectivity index is 2.91. The van der Waals surface area contributed by atoms with Crippen LogP contribution < -0.4 is 15.2 Å². The van der Waals surface area contributed by atoms with E-state index in [1.165, 1.54) is 12.1 Å². The van der Waals surface area contributed by atoms with Crippen molar-refractivity contribution in [1.82, 2.24) is 0 Å². The molecule has 3 atom stereocenters. The van der Waals surface area contributed by atoms with Crippen LogP contribution in [0.1, 0.15) is 94.1 Å². The highest BCUT2D eigenvalue weighted by Crippen LogP contribution is 2.32. The van der Waals surface area contributed by atoms with Gasteiger partial charge in [-0.15, -0.1) is 0 Å². The molecule has 0 aliphatic rings. The monoisotopic (exact) mass is 579 g/mol. The van der Waals surface area contributed by atoms with E-state index in [2.05, 4.69) is 0 Å². The first-order valence-electron chi connectivity index (χ1n) is 14.1. The van der Waals surface area contributed by atoms with Crippen LogP contribution in [0.2, 0.25) is 0 Å². The van der Waals surface area contributed by atoms with Gasteiger partial charge in [-0.3, -0.25) is 14.4 Å². The molecular weight excluding hydrogens is 530 g/mol. The lowest BCUT2D eigenvalue weighted by atomic mass is 9.92. The molecule has 0 radical (unpaired) electrons. The van der Waals surface area contributed by atoms with Crippen molar-refractivity contribution in [3.63, 3.8) is 0 Å². The maximum Gasteiger partial charge on any atom is 0.508 e. The number of esters is 3. The predicted octanol–water partition coefficient (Wildman–Crippen LogP) is 5.76. The van der Waals surface area contributed by atoms with Crippen LogP contribution in [0.4, 0.5) is 4.79 Å². The summed E-state index contributed by atoms with van der Waals surface area (Å²) >= 11 is 0. The lowest BCUT2D eigenvalue weighted by molar-refractivity contribution is -0.155. The summed E-state index contributed by atoms with van der Waals surface area (Å²) in [6.07, 6.45) is -1.29. The van der Waals surface area contributed by atoms with Gasteiger partial charge >= 0.3 is 24.1 Å². The summed E-state index contributed by atoms with van der Waals surface area (Å²) in [4.78, 5) is 49.6. The van der Waals surface area contributed by atoms with Crippen LogP contribution in [0.3, 0.4) is 0 Å². The number of rotatable bonds is 13. The SMILES string of the molecule is CC(C)CCOC(=O)O[C@@H](C)[C@H](C)OC(=O)[C@@H](N)Cc1ccc(OC(=O)CC(C)(C)C)c(OC(=O)CC(C)(C)C)c1. The summed E-state index contributed by atoms with van der Waals surface area (Å²) < 4.78 is 26.7. The molecule has 0 bridgehead atoms. The molecule has 0 spiro atoms. The van der Waals surface area contributed by atoms with Crippen molar-refractivity contribution in [2.45, 2.75) is 113 Å². The fourth-order valence-electron chi connectivity index (χ4n) is 3.39. The maximum atomic E-state index is 12.7. The van der Waals surface area contributed by atoms with Gasteiger partial charge < -0.3 is 29.4 Å². The Hall–Kier alpha value is -3.14. The minimum atomic E-state index is -1.06. The quantitative estimate of drug-likeness (QED) is 0.226. The molecule has 0 unspecified atom stereocenters. The molecule has 0 aliphatic heterocycles. The van der Waals surface area contributed by atoms with Crippen molar-refractivity contribution in [3.8, 4) is 11.5 Å². The standard InChI is InChI=1S/C31H49NO9/c1-19(2)13-14-37-29(36)39-21(4)20(3)38-28(35)23(32)15-22-11-12-24(40-26(33)17-30(5,6)7)25(16-22)41-27(34)18-31(8,9)10/h11-12,16,19-21,23H,13-15,17-18,32H2,1-10H3/t20-,21-,23-/m0/s1. The van der Waals surface area contributed by atoms with Gasteiger partial charge in [0.05, 0.1) is 19.4 Å². The molecule has 0 aromatic heterocycles. The first-order chi connectivity index (χ1) is 18.8. The van der Waals surface area contributed by atoms with E-state index in [1.54, 1.807) is 19.9 Å². The van der Waals surface area contributed by atoms with Crippen LogP contribution in [-0.4, -0.2) is 48.9 Å². The Morgan fingerprint density at radius 2 is 1.29 bits per heavy atom. The molecule has 0 fully saturated rings. The summed E-state index contributed by atoms with van der Waals surface area (Å²) in [6.45, 7) is 18.9. The molecule has 1 aromatic rings. The smallest absolute Gasteiger partial charge is 0.458 e. The molecule has 1 rings (SSSR count). The third kappa shape index (κ3) is 15.4. The van der Waals surface area contributed by atoms with Gasteiger partial charge in [-0.1, -0.05) is 61.5 Å². The second-order valence-corrected chi connectivity index (χ2v) is 13.3. The Morgan fingerprint density at radius 3 is 1.80 bits per heavy atom. The van der Waals surface area contributed by atoms with Gasteiger partial charge in [0.2, 0.25) is 0 Å². The van der Waals surface area contributed by atoms with Crippen molar-refractivity contribution in [2.75, 3.05) is 6.61 Å². The molecule has 0 saturated heterocycles. The molecule has 41 heavy (non-hydrogen) atoms. The van der Waals surface area contributed by atoms with E-state index in [4.69, 9.17) is 29.4 Å². The number of carbonyl (C=O) groups excluding carboxylic acids is 4. The fraction of sp³-hybridized carbons (Fsp3) is 0.677. The van der Waals surface area contributed by atoms with Gasteiger partial charge in [0.25, 0.3) is 0 Å². The molecule has 0 heterocycles. The van der Waals surface area contributed by atoms with Crippen LogP contribution in [0, 0.1) is 16.7 Å². The number of hydrogen-bond donors (Lipinski definition) is 1. The summed E-state index contributed by atoms with van der Waals surface area (Å²) in [5, 5.41) is 0. The third-order valence-corrected chi connectivity index (χ3v) is 5.72. The van der Waals surface area contributed by atoms with Gasteiger partial charge in [-0.25, -0.2) is 4.79 Å². The molecule has 10 heteroatoms. The fourth-order valence-corrected chi connectivity index (χ4v) is 3.39. The molecule has 0 saturated carbocycles. The molecular formula is C31H49NO9. The summed E-state index contributed by atoms with van der Waals surface area (Å²) in [5.41, 5.74) is 6.08. The van der Waals surface area contributed by atoms with Gasteiger partial charge in [-0.05, 0) is 61.1 Å². The summed E-state index contributed by atoms with van der Waals surface area (Å²) in [7, 11) is 0. The van der Waals surface area contributed by atoms with E-state index in [-0.39, 0.29) is 48.2 Å². The van der Waals surface area contributed by atoms with Crippen LogP contribution in [0.5, 0.6) is 11.5 Å². The van der Waals surface area contributed by atoms with Crippen molar-refractivity contribution in [3.05, 3.63) is 23.8 Å². The summed E-state index contributed by atoms with van der Waals surface area (Å²) in [5.74, 6) is -1.11. The minimum absolute atomic E-state index is 0.0536.